The van der Waals surface area contributed by atoms with E-state index < -0.39 is 22.6 Å². The van der Waals surface area contributed by atoms with Crippen molar-refractivity contribution in [3.8, 4) is 0 Å². The molecule has 1 atom stereocenters. The molecule has 4 rings (SSSR count). The number of morpholine rings is 1. The first-order chi connectivity index (χ1) is 16.3. The fourth-order valence-corrected chi connectivity index (χ4v) is 5.82. The highest BCUT2D eigenvalue weighted by molar-refractivity contribution is 7.89. The van der Waals surface area contributed by atoms with E-state index in [2.05, 4.69) is 4.57 Å². The molecule has 1 aromatic heterocycles. The van der Waals surface area contributed by atoms with Crippen LogP contribution in [0.1, 0.15) is 44.9 Å². The van der Waals surface area contributed by atoms with Gasteiger partial charge in [0.15, 0.2) is 6.61 Å². The van der Waals surface area contributed by atoms with Gasteiger partial charge in [-0.1, -0.05) is 6.07 Å². The molecule has 0 spiro atoms. The Bertz CT molecular complexity index is 1160. The Kier molecular flexibility index (Phi) is 7.51. The Morgan fingerprint density at radius 2 is 1.88 bits per heavy atom. The van der Waals surface area contributed by atoms with Crippen molar-refractivity contribution in [3.05, 3.63) is 52.8 Å². The van der Waals surface area contributed by atoms with Crippen LogP contribution in [-0.2, 0) is 30.8 Å². The number of carbonyl (C=O) groups is 2. The molecule has 0 bridgehead atoms. The van der Waals surface area contributed by atoms with Crippen molar-refractivity contribution in [2.24, 2.45) is 0 Å². The quantitative estimate of drug-likeness (QED) is 0.413. The lowest BCUT2D eigenvalue weighted by Crippen LogP contribution is -2.40. The van der Waals surface area contributed by atoms with E-state index in [0.29, 0.717) is 25.3 Å². The van der Waals surface area contributed by atoms with Gasteiger partial charge in [-0.3, -0.25) is 4.79 Å². The lowest BCUT2D eigenvalue weighted by atomic mass is 10.1. The van der Waals surface area contributed by atoms with Crippen molar-refractivity contribution in [2.75, 3.05) is 39.5 Å². The number of aryl methyl sites for hydroxylation is 1. The summed E-state index contributed by atoms with van der Waals surface area (Å²) in [6.45, 7) is 6.02. The van der Waals surface area contributed by atoms with Crippen LogP contribution in [0.5, 0.6) is 0 Å². The monoisotopic (exact) mass is 490 g/mol. The van der Waals surface area contributed by atoms with Gasteiger partial charge in [-0.25, -0.2) is 13.2 Å². The average Bonchev–Trinajstić information content (AvgIpc) is 3.47. The number of rotatable bonds is 8. The maximum absolute atomic E-state index is 12.9. The van der Waals surface area contributed by atoms with Crippen LogP contribution in [0.25, 0.3) is 0 Å². The van der Waals surface area contributed by atoms with Crippen LogP contribution in [0.2, 0.25) is 0 Å². The highest BCUT2D eigenvalue weighted by atomic mass is 32.2. The minimum absolute atomic E-state index is 0.00727. The van der Waals surface area contributed by atoms with Crippen LogP contribution in [0, 0.1) is 13.8 Å². The van der Waals surface area contributed by atoms with E-state index in [9.17, 15) is 18.0 Å². The number of nitrogens with zero attached hydrogens (tertiary/aromatic N) is 2. The van der Waals surface area contributed by atoms with Gasteiger partial charge in [-0.2, -0.15) is 4.31 Å². The van der Waals surface area contributed by atoms with Gasteiger partial charge >= 0.3 is 5.97 Å². The maximum atomic E-state index is 12.9. The fraction of sp³-hybridized carbons (Fsp3) is 0.500. The Balaban J connectivity index is 1.41. The highest BCUT2D eigenvalue weighted by Gasteiger charge is 2.27. The molecule has 0 N–H and O–H groups in total. The summed E-state index contributed by atoms with van der Waals surface area (Å²) in [6, 6.07) is 7.49. The number of benzene rings is 1. The third kappa shape index (κ3) is 5.25. The molecule has 34 heavy (non-hydrogen) atoms. The second-order valence-electron chi connectivity index (χ2n) is 8.57. The smallest absolute Gasteiger partial charge is 0.338 e. The molecule has 2 saturated heterocycles. The van der Waals surface area contributed by atoms with Gasteiger partial charge in [0.25, 0.3) is 0 Å². The van der Waals surface area contributed by atoms with Gasteiger partial charge in [-0.05, 0) is 51.0 Å². The summed E-state index contributed by atoms with van der Waals surface area (Å²) in [6.07, 6.45) is 2.19. The van der Waals surface area contributed by atoms with Crippen molar-refractivity contribution >= 4 is 21.8 Å². The second-order valence-corrected chi connectivity index (χ2v) is 10.5. The number of carbonyl (C=O) groups excluding carboxylic acids is 2. The number of aromatic nitrogens is 1. The largest absolute Gasteiger partial charge is 0.454 e. The summed E-state index contributed by atoms with van der Waals surface area (Å²) in [5.74, 6) is -1.06. The molecule has 2 aromatic rings. The SMILES string of the molecule is Cc1cc(C(=O)COC(=O)c2cccc(S(=O)(=O)N3CCOCC3)c2)c(C)n1CC1CCCO1. The lowest BCUT2D eigenvalue weighted by Gasteiger charge is -2.26. The second kappa shape index (κ2) is 10.4. The number of ketones is 1. The minimum atomic E-state index is -3.74. The molecule has 1 aromatic carbocycles. The van der Waals surface area contributed by atoms with Gasteiger partial charge in [-0.15, -0.1) is 0 Å². The molecule has 0 radical (unpaired) electrons. The van der Waals surface area contributed by atoms with Gasteiger partial charge in [0.05, 0.1) is 29.8 Å². The fourth-order valence-electron chi connectivity index (χ4n) is 4.37. The summed E-state index contributed by atoms with van der Waals surface area (Å²) in [7, 11) is -3.74. The highest BCUT2D eigenvalue weighted by Crippen LogP contribution is 2.22. The summed E-state index contributed by atoms with van der Waals surface area (Å²) in [4.78, 5) is 25.4. The molecular formula is C24H30N2O7S. The van der Waals surface area contributed by atoms with E-state index >= 15 is 0 Å². The number of ether oxygens (including phenoxy) is 3. The Labute approximate surface area is 199 Å². The summed E-state index contributed by atoms with van der Waals surface area (Å²) in [5.41, 5.74) is 2.34. The zero-order valence-corrected chi connectivity index (χ0v) is 20.3. The minimum Gasteiger partial charge on any atom is -0.454 e. The van der Waals surface area contributed by atoms with Gasteiger partial charge < -0.3 is 18.8 Å². The third-order valence-electron chi connectivity index (χ3n) is 6.30. The molecular weight excluding hydrogens is 460 g/mol. The van der Waals surface area contributed by atoms with Crippen LogP contribution in [0.15, 0.2) is 35.2 Å². The molecule has 1 unspecified atom stereocenters. The van der Waals surface area contributed by atoms with Gasteiger partial charge in [0.1, 0.15) is 0 Å². The van der Waals surface area contributed by atoms with Crippen LogP contribution in [0.3, 0.4) is 0 Å². The maximum Gasteiger partial charge on any atom is 0.338 e. The van der Waals surface area contributed by atoms with E-state index in [1.165, 1.54) is 28.6 Å². The summed E-state index contributed by atoms with van der Waals surface area (Å²) < 4.78 is 45.3. The van der Waals surface area contributed by atoms with Crippen LogP contribution >= 0.6 is 0 Å². The van der Waals surface area contributed by atoms with Gasteiger partial charge in [0.2, 0.25) is 15.8 Å². The van der Waals surface area contributed by atoms with E-state index in [1.807, 2.05) is 13.8 Å². The molecule has 184 valence electrons. The molecule has 2 aliphatic rings. The molecule has 0 amide bonds. The Hall–Kier alpha value is -2.53. The number of hydrogen-bond donors (Lipinski definition) is 0. The predicted molar refractivity (Wildman–Crippen MR) is 124 cm³/mol. The summed E-state index contributed by atoms with van der Waals surface area (Å²) in [5, 5.41) is 0. The van der Waals surface area contributed by atoms with Crippen molar-refractivity contribution in [1.82, 2.24) is 8.87 Å². The Morgan fingerprint density at radius 3 is 2.59 bits per heavy atom. The predicted octanol–water partition coefficient (Wildman–Crippen LogP) is 2.34. The number of esters is 1. The van der Waals surface area contributed by atoms with Gasteiger partial charge in [0, 0.05) is 43.2 Å². The number of sulfonamides is 1. The topological polar surface area (TPSA) is 104 Å². The van der Waals surface area contributed by atoms with Crippen molar-refractivity contribution in [1.29, 1.82) is 0 Å². The van der Waals surface area contributed by atoms with Crippen LogP contribution < -0.4 is 0 Å². The van der Waals surface area contributed by atoms with Crippen LogP contribution in [0.4, 0.5) is 0 Å². The molecule has 3 heterocycles. The van der Waals surface area contributed by atoms with Crippen LogP contribution in [-0.4, -0.2) is 74.7 Å². The zero-order chi connectivity index (χ0) is 24.3. The number of hydrogen-bond acceptors (Lipinski definition) is 7. The van der Waals surface area contributed by atoms with E-state index in [-0.39, 0.29) is 35.4 Å². The third-order valence-corrected chi connectivity index (χ3v) is 8.19. The van der Waals surface area contributed by atoms with E-state index in [1.54, 1.807) is 6.07 Å². The van der Waals surface area contributed by atoms with Crippen molar-refractivity contribution in [2.45, 2.75) is 44.2 Å². The first-order valence-electron chi connectivity index (χ1n) is 11.4. The molecule has 2 aliphatic heterocycles. The first kappa shape index (κ1) is 24.6. The zero-order valence-electron chi connectivity index (χ0n) is 19.5. The molecule has 9 nitrogen and oxygen atoms in total. The Morgan fingerprint density at radius 1 is 1.12 bits per heavy atom. The normalized spacial score (nSPS) is 19.3. The molecule has 2 fully saturated rings. The molecule has 10 heteroatoms. The van der Waals surface area contributed by atoms with Crippen molar-refractivity contribution < 1.29 is 32.2 Å². The number of Topliss-reactive ketones (excluding diaryl/α,β-unsaturated/α-hetero) is 1. The standard InChI is InChI=1S/C24H30N2O7S/c1-17-13-22(18(2)26(17)15-20-6-4-10-32-20)23(27)16-33-24(28)19-5-3-7-21(14-19)34(29,30)25-8-11-31-12-9-25/h3,5,7,13-14,20H,4,6,8-12,15-16H2,1-2H3. The lowest BCUT2D eigenvalue weighted by molar-refractivity contribution is 0.0474. The molecule has 0 saturated carbocycles. The van der Waals surface area contributed by atoms with E-state index in [0.717, 1.165) is 30.8 Å². The summed E-state index contributed by atoms with van der Waals surface area (Å²) >= 11 is 0. The first-order valence-corrected chi connectivity index (χ1v) is 12.9. The molecule has 0 aliphatic carbocycles. The van der Waals surface area contributed by atoms with Crippen molar-refractivity contribution in [3.63, 3.8) is 0 Å². The van der Waals surface area contributed by atoms with E-state index in [4.69, 9.17) is 14.2 Å². The average molecular weight is 491 g/mol.